The molecule has 2 rings (SSSR count). The van der Waals surface area contributed by atoms with E-state index in [0.717, 1.165) is 5.56 Å². The number of aromatic nitrogens is 2. The molecule has 1 aromatic carbocycles. The summed E-state index contributed by atoms with van der Waals surface area (Å²) in [4.78, 5) is 0. The third kappa shape index (κ3) is 2.34. The van der Waals surface area contributed by atoms with Crippen molar-refractivity contribution in [2.75, 3.05) is 7.11 Å². The topological polar surface area (TPSA) is 65.1 Å². The number of hydrogen-bond donors (Lipinski definition) is 2. The summed E-state index contributed by atoms with van der Waals surface area (Å²) in [6.07, 6.45) is 3.43. The zero-order valence-electron chi connectivity index (χ0n) is 10.2. The molecule has 1 heterocycles. The molecule has 0 saturated carbocycles. The van der Waals surface area contributed by atoms with Crippen LogP contribution in [0.2, 0.25) is 0 Å². The van der Waals surface area contributed by atoms with Crippen LogP contribution in [0.4, 0.5) is 4.39 Å². The highest BCUT2D eigenvalue weighted by atomic mass is 19.1. The minimum atomic E-state index is -0.440. The van der Waals surface area contributed by atoms with E-state index in [1.54, 1.807) is 36.3 Å². The predicted octanol–water partition coefficient (Wildman–Crippen LogP) is 1.12. The Morgan fingerprint density at radius 1 is 1.50 bits per heavy atom. The minimum Gasteiger partial charge on any atom is -0.497 e. The van der Waals surface area contributed by atoms with Crippen molar-refractivity contribution in [3.8, 4) is 5.75 Å². The van der Waals surface area contributed by atoms with E-state index in [0.29, 0.717) is 11.3 Å². The maximum Gasteiger partial charge on any atom is 0.132 e. The zero-order chi connectivity index (χ0) is 13.1. The van der Waals surface area contributed by atoms with E-state index in [4.69, 9.17) is 10.6 Å². The van der Waals surface area contributed by atoms with Gasteiger partial charge in [-0.1, -0.05) is 6.07 Å². The van der Waals surface area contributed by atoms with Gasteiger partial charge in [-0.15, -0.1) is 0 Å². The highest BCUT2D eigenvalue weighted by Gasteiger charge is 2.18. The van der Waals surface area contributed by atoms with Crippen LogP contribution in [0.15, 0.2) is 30.6 Å². The fourth-order valence-electron chi connectivity index (χ4n) is 1.82. The number of methoxy groups -OCH3 is 1. The molecule has 5 nitrogen and oxygen atoms in total. The number of benzene rings is 1. The smallest absolute Gasteiger partial charge is 0.132 e. The lowest BCUT2D eigenvalue weighted by molar-refractivity contribution is 0.410. The van der Waals surface area contributed by atoms with Crippen LogP contribution in [0, 0.1) is 5.82 Å². The molecule has 2 aromatic rings. The quantitative estimate of drug-likeness (QED) is 0.630. The highest BCUT2D eigenvalue weighted by molar-refractivity contribution is 5.35. The normalized spacial score (nSPS) is 12.4. The van der Waals surface area contributed by atoms with Crippen molar-refractivity contribution in [1.82, 2.24) is 15.2 Å². The molecular weight excluding hydrogens is 235 g/mol. The molecule has 0 aliphatic carbocycles. The second-order valence-electron chi connectivity index (χ2n) is 3.93. The zero-order valence-corrected chi connectivity index (χ0v) is 10.2. The largest absolute Gasteiger partial charge is 0.497 e. The monoisotopic (exact) mass is 250 g/mol. The molecule has 0 aliphatic rings. The van der Waals surface area contributed by atoms with E-state index in [2.05, 4.69) is 10.5 Å². The number of rotatable bonds is 4. The van der Waals surface area contributed by atoms with Crippen molar-refractivity contribution in [1.29, 1.82) is 0 Å². The molecule has 0 saturated heterocycles. The number of nitrogens with one attached hydrogen (secondary N) is 1. The molecule has 0 spiro atoms. The number of hydrogen-bond acceptors (Lipinski definition) is 4. The van der Waals surface area contributed by atoms with Crippen LogP contribution in [0.1, 0.15) is 17.2 Å². The Balaban J connectivity index is 2.39. The van der Waals surface area contributed by atoms with Crippen molar-refractivity contribution < 1.29 is 9.13 Å². The maximum absolute atomic E-state index is 14.0. The van der Waals surface area contributed by atoms with Crippen LogP contribution >= 0.6 is 0 Å². The summed E-state index contributed by atoms with van der Waals surface area (Å²) in [7, 11) is 3.29. The number of hydrazine groups is 1. The van der Waals surface area contributed by atoms with Gasteiger partial charge in [0.15, 0.2) is 0 Å². The van der Waals surface area contributed by atoms with Gasteiger partial charge in [0.1, 0.15) is 11.6 Å². The lowest BCUT2D eigenvalue weighted by atomic mass is 10.0. The molecule has 1 aromatic heterocycles. The minimum absolute atomic E-state index is 0.374. The van der Waals surface area contributed by atoms with Crippen molar-refractivity contribution in [3.63, 3.8) is 0 Å². The first-order valence-corrected chi connectivity index (χ1v) is 5.44. The second kappa shape index (κ2) is 5.16. The molecule has 1 unspecified atom stereocenters. The van der Waals surface area contributed by atoms with Crippen LogP contribution in [-0.2, 0) is 7.05 Å². The second-order valence-corrected chi connectivity index (χ2v) is 3.93. The third-order valence-electron chi connectivity index (χ3n) is 2.74. The van der Waals surface area contributed by atoms with Crippen molar-refractivity contribution in [2.24, 2.45) is 12.9 Å². The molecule has 18 heavy (non-hydrogen) atoms. The lowest BCUT2D eigenvalue weighted by Gasteiger charge is -2.16. The Morgan fingerprint density at radius 2 is 2.28 bits per heavy atom. The van der Waals surface area contributed by atoms with Crippen LogP contribution in [0.3, 0.4) is 0 Å². The Kier molecular flexibility index (Phi) is 3.59. The van der Waals surface area contributed by atoms with Crippen molar-refractivity contribution in [2.45, 2.75) is 6.04 Å². The number of nitrogens with zero attached hydrogens (tertiary/aromatic N) is 2. The van der Waals surface area contributed by atoms with Crippen LogP contribution in [0.25, 0.3) is 0 Å². The van der Waals surface area contributed by atoms with Gasteiger partial charge >= 0.3 is 0 Å². The van der Waals surface area contributed by atoms with Crippen molar-refractivity contribution >= 4 is 0 Å². The molecule has 0 aliphatic heterocycles. The Morgan fingerprint density at radius 3 is 2.78 bits per heavy atom. The fraction of sp³-hybridized carbons (Fsp3) is 0.250. The summed E-state index contributed by atoms with van der Waals surface area (Å²) in [5.74, 6) is 5.60. The summed E-state index contributed by atoms with van der Waals surface area (Å²) in [5, 5.41) is 4.05. The first-order chi connectivity index (χ1) is 8.65. The summed E-state index contributed by atoms with van der Waals surface area (Å²) >= 11 is 0. The SMILES string of the molecule is COc1ccc(C(NN)c2cnn(C)c2)c(F)c1. The third-order valence-corrected chi connectivity index (χ3v) is 2.74. The first-order valence-electron chi connectivity index (χ1n) is 5.44. The van der Waals surface area contributed by atoms with Gasteiger partial charge in [-0.25, -0.2) is 9.82 Å². The van der Waals surface area contributed by atoms with Crippen LogP contribution in [0.5, 0.6) is 5.75 Å². The predicted molar refractivity (Wildman–Crippen MR) is 65.3 cm³/mol. The molecule has 0 radical (unpaired) electrons. The van der Waals surface area contributed by atoms with Gasteiger partial charge in [-0.2, -0.15) is 5.10 Å². The Labute approximate surface area is 104 Å². The van der Waals surface area contributed by atoms with E-state index < -0.39 is 6.04 Å². The van der Waals surface area contributed by atoms with Gasteiger partial charge in [0.25, 0.3) is 0 Å². The first kappa shape index (κ1) is 12.5. The average molecular weight is 250 g/mol. The number of ether oxygens (including phenoxy) is 1. The number of nitrogens with two attached hydrogens (primary N) is 1. The molecule has 0 fully saturated rings. The number of aryl methyl sites for hydroxylation is 1. The van der Waals surface area contributed by atoms with E-state index in [1.807, 2.05) is 0 Å². The maximum atomic E-state index is 14.0. The summed E-state index contributed by atoms with van der Waals surface area (Å²) in [5.41, 5.74) is 3.84. The lowest BCUT2D eigenvalue weighted by Crippen LogP contribution is -2.29. The molecule has 6 heteroatoms. The summed E-state index contributed by atoms with van der Waals surface area (Å²) in [6.45, 7) is 0. The molecule has 0 amide bonds. The van der Waals surface area contributed by atoms with Gasteiger partial charge in [0.2, 0.25) is 0 Å². The molecule has 1 atom stereocenters. The van der Waals surface area contributed by atoms with E-state index in [9.17, 15) is 4.39 Å². The molecule has 96 valence electrons. The van der Waals surface area contributed by atoms with Crippen LogP contribution in [-0.4, -0.2) is 16.9 Å². The average Bonchev–Trinajstić information content (AvgIpc) is 2.78. The summed E-state index contributed by atoms with van der Waals surface area (Å²) in [6, 6.07) is 4.23. The van der Waals surface area contributed by atoms with Gasteiger partial charge in [0, 0.05) is 30.4 Å². The Hall–Kier alpha value is -1.92. The van der Waals surface area contributed by atoms with E-state index >= 15 is 0 Å². The van der Waals surface area contributed by atoms with Crippen molar-refractivity contribution in [3.05, 3.63) is 47.5 Å². The summed E-state index contributed by atoms with van der Waals surface area (Å²) < 4.78 is 20.6. The van der Waals surface area contributed by atoms with Gasteiger partial charge < -0.3 is 4.74 Å². The van der Waals surface area contributed by atoms with Crippen LogP contribution < -0.4 is 16.0 Å². The molecule has 0 bridgehead atoms. The fourth-order valence-corrected chi connectivity index (χ4v) is 1.82. The Bertz CT molecular complexity index is 541. The van der Waals surface area contributed by atoms with Gasteiger partial charge in [-0.3, -0.25) is 10.5 Å². The van der Waals surface area contributed by atoms with Gasteiger partial charge in [-0.05, 0) is 6.07 Å². The molecular formula is C12H15FN4O. The van der Waals surface area contributed by atoms with Gasteiger partial charge in [0.05, 0.1) is 19.3 Å². The standard InChI is InChI=1S/C12H15FN4O/c1-17-7-8(6-15-17)12(16-14)10-4-3-9(18-2)5-11(10)13/h3-7,12,16H,14H2,1-2H3. The van der Waals surface area contributed by atoms with E-state index in [1.165, 1.54) is 13.2 Å². The van der Waals surface area contributed by atoms with E-state index in [-0.39, 0.29) is 5.82 Å². The number of halogens is 1. The highest BCUT2D eigenvalue weighted by Crippen LogP contribution is 2.26. The molecule has 3 N–H and O–H groups in total.